The summed E-state index contributed by atoms with van der Waals surface area (Å²) in [5.41, 5.74) is -0.224. The third-order valence-corrected chi connectivity index (χ3v) is 3.79. The molecule has 0 aromatic heterocycles. The second-order valence-corrected chi connectivity index (χ2v) is 5.00. The number of fused-ring (bicyclic) bond motifs is 2. The van der Waals surface area contributed by atoms with Gasteiger partial charge >= 0.3 is 0 Å². The van der Waals surface area contributed by atoms with Crippen molar-refractivity contribution in [2.45, 2.75) is 50.5 Å². The second-order valence-electron chi connectivity index (χ2n) is 5.00. The minimum Gasteiger partial charge on any atom is -0.394 e. The van der Waals surface area contributed by atoms with Crippen LogP contribution in [0.25, 0.3) is 0 Å². The van der Waals surface area contributed by atoms with Crippen LogP contribution in [0.2, 0.25) is 0 Å². The first-order valence-corrected chi connectivity index (χ1v) is 5.16. The van der Waals surface area contributed by atoms with Crippen molar-refractivity contribution in [3.63, 3.8) is 0 Å². The molecule has 3 aliphatic rings. The summed E-state index contributed by atoms with van der Waals surface area (Å²) >= 11 is 0. The Hall–Kier alpha value is 0.944. The maximum atomic E-state index is 9.10. The van der Waals surface area contributed by atoms with E-state index in [0.717, 1.165) is 0 Å². The molecule has 0 amide bonds. The van der Waals surface area contributed by atoms with Crippen molar-refractivity contribution in [2.24, 2.45) is 5.92 Å². The van der Waals surface area contributed by atoms with E-state index in [1.54, 1.807) is 0 Å². The van der Waals surface area contributed by atoms with Gasteiger partial charge in [-0.25, -0.2) is 0 Å². The van der Waals surface area contributed by atoms with Crippen molar-refractivity contribution in [3.05, 3.63) is 0 Å². The molecule has 0 saturated carbocycles. The van der Waals surface area contributed by atoms with Crippen molar-refractivity contribution in [1.29, 1.82) is 0 Å². The Morgan fingerprint density at radius 2 is 1.93 bits per heavy atom. The smallest absolute Gasteiger partial charge is 0.228 e. The SMILES string of the molecule is C[C@@H]1C2OC3(OC3(C)C)[C@@H]2O[C@H]1CO.[Y]. The van der Waals surface area contributed by atoms with Gasteiger partial charge in [0, 0.05) is 38.6 Å². The first kappa shape index (κ1) is 12.4. The van der Waals surface area contributed by atoms with Gasteiger partial charge in [0.05, 0.1) is 18.8 Å². The van der Waals surface area contributed by atoms with Crippen molar-refractivity contribution >= 4 is 0 Å². The van der Waals surface area contributed by atoms with E-state index in [9.17, 15) is 0 Å². The standard InChI is InChI=1S/C10H16O4.Y/c1-5-6(4-11)12-8-7(5)13-10(8)9(2,3)14-10;/h5-8,11H,4H2,1-3H3;/t5-,6-,7?,8+,10?;/m0./s1. The normalized spacial score (nSPS) is 54.4. The monoisotopic (exact) mass is 289 g/mol. The van der Waals surface area contributed by atoms with Crippen LogP contribution >= 0.6 is 0 Å². The molecule has 1 spiro atoms. The summed E-state index contributed by atoms with van der Waals surface area (Å²) < 4.78 is 17.1. The van der Waals surface area contributed by atoms with Gasteiger partial charge in [0.2, 0.25) is 5.79 Å². The van der Waals surface area contributed by atoms with Gasteiger partial charge in [-0.2, -0.15) is 0 Å². The van der Waals surface area contributed by atoms with E-state index in [1.807, 2.05) is 20.8 Å². The summed E-state index contributed by atoms with van der Waals surface area (Å²) in [6, 6.07) is 0. The largest absolute Gasteiger partial charge is 0.394 e. The topological polar surface area (TPSA) is 51.2 Å². The zero-order valence-corrected chi connectivity index (χ0v) is 12.1. The van der Waals surface area contributed by atoms with E-state index in [0.29, 0.717) is 0 Å². The van der Waals surface area contributed by atoms with Gasteiger partial charge in [-0.1, -0.05) is 6.92 Å². The average molecular weight is 289 g/mol. The second kappa shape index (κ2) is 3.47. The minimum atomic E-state index is -0.504. The number of aliphatic hydroxyl groups is 1. The predicted molar refractivity (Wildman–Crippen MR) is 47.7 cm³/mol. The Balaban J connectivity index is 0.000000853. The van der Waals surface area contributed by atoms with Gasteiger partial charge in [0.25, 0.3) is 0 Å². The molecular weight excluding hydrogens is 273 g/mol. The molecule has 5 atom stereocenters. The van der Waals surface area contributed by atoms with Crippen LogP contribution in [0.1, 0.15) is 20.8 Å². The van der Waals surface area contributed by atoms with Crippen molar-refractivity contribution in [2.75, 3.05) is 6.61 Å². The third-order valence-electron chi connectivity index (χ3n) is 3.79. The molecule has 1 N–H and O–H groups in total. The molecule has 83 valence electrons. The molecule has 3 aliphatic heterocycles. The molecule has 3 saturated heterocycles. The Bertz CT molecular complexity index is 283. The van der Waals surface area contributed by atoms with Crippen LogP contribution in [0.4, 0.5) is 0 Å². The summed E-state index contributed by atoms with van der Waals surface area (Å²) in [6.07, 6.45) is 0.0305. The van der Waals surface area contributed by atoms with Crippen LogP contribution in [0, 0.1) is 5.92 Å². The first-order valence-electron chi connectivity index (χ1n) is 5.16. The summed E-state index contributed by atoms with van der Waals surface area (Å²) in [4.78, 5) is 0. The maximum Gasteiger partial charge on any atom is 0.228 e. The van der Waals surface area contributed by atoms with E-state index in [1.165, 1.54) is 0 Å². The van der Waals surface area contributed by atoms with Crippen molar-refractivity contribution in [3.8, 4) is 0 Å². The minimum absolute atomic E-state index is 0. The third kappa shape index (κ3) is 1.36. The van der Waals surface area contributed by atoms with Crippen LogP contribution < -0.4 is 0 Å². The van der Waals surface area contributed by atoms with Gasteiger partial charge in [0.15, 0.2) is 0 Å². The fraction of sp³-hybridized carbons (Fsp3) is 1.00. The van der Waals surface area contributed by atoms with Crippen LogP contribution in [-0.2, 0) is 46.9 Å². The fourth-order valence-corrected chi connectivity index (χ4v) is 2.68. The Labute approximate surface area is 115 Å². The molecule has 4 nitrogen and oxygen atoms in total. The predicted octanol–water partition coefficient (Wildman–Crippen LogP) is 0.284. The maximum absolute atomic E-state index is 9.10. The van der Waals surface area contributed by atoms with Crippen LogP contribution in [0.3, 0.4) is 0 Å². The molecule has 3 rings (SSSR count). The van der Waals surface area contributed by atoms with Gasteiger partial charge < -0.3 is 19.3 Å². The summed E-state index contributed by atoms with van der Waals surface area (Å²) in [5, 5.41) is 9.10. The van der Waals surface area contributed by atoms with Gasteiger partial charge in [0.1, 0.15) is 11.7 Å². The molecule has 1 radical (unpaired) electrons. The Morgan fingerprint density at radius 3 is 2.40 bits per heavy atom. The quantitative estimate of drug-likeness (QED) is 0.705. The number of hydrogen-bond acceptors (Lipinski definition) is 4. The van der Waals surface area contributed by atoms with E-state index in [4.69, 9.17) is 19.3 Å². The van der Waals surface area contributed by atoms with Gasteiger partial charge in [-0.15, -0.1) is 0 Å². The van der Waals surface area contributed by atoms with E-state index < -0.39 is 5.79 Å². The molecule has 5 heteroatoms. The van der Waals surface area contributed by atoms with E-state index in [-0.39, 0.29) is 69.1 Å². The molecule has 3 heterocycles. The van der Waals surface area contributed by atoms with Crippen molar-refractivity contribution < 1.29 is 52.0 Å². The molecule has 0 bridgehead atoms. The summed E-state index contributed by atoms with van der Waals surface area (Å²) in [6.45, 7) is 6.12. The van der Waals surface area contributed by atoms with E-state index in [2.05, 4.69) is 0 Å². The van der Waals surface area contributed by atoms with Gasteiger partial charge in [-0.3, -0.25) is 0 Å². The Morgan fingerprint density at radius 1 is 1.33 bits per heavy atom. The molecule has 0 aromatic rings. The fourth-order valence-electron chi connectivity index (χ4n) is 2.68. The molecule has 3 fully saturated rings. The number of ether oxygens (including phenoxy) is 3. The number of hydrogen-bond donors (Lipinski definition) is 1. The Kier molecular flexibility index (Phi) is 2.87. The zero-order valence-electron chi connectivity index (χ0n) is 9.27. The first-order chi connectivity index (χ1) is 6.52. The molecular formula is C10H16O4Y. The molecule has 0 aliphatic carbocycles. The van der Waals surface area contributed by atoms with Crippen LogP contribution in [0.15, 0.2) is 0 Å². The van der Waals surface area contributed by atoms with Crippen molar-refractivity contribution in [1.82, 2.24) is 0 Å². The molecule has 15 heavy (non-hydrogen) atoms. The van der Waals surface area contributed by atoms with Gasteiger partial charge in [-0.05, 0) is 13.8 Å². The molecule has 0 aromatic carbocycles. The summed E-state index contributed by atoms with van der Waals surface area (Å²) in [5.74, 6) is -0.244. The van der Waals surface area contributed by atoms with E-state index >= 15 is 0 Å². The zero-order chi connectivity index (χ0) is 10.1. The molecule has 2 unspecified atom stereocenters. The number of epoxide rings is 1. The number of rotatable bonds is 1. The average Bonchev–Trinajstić information content (AvgIpc) is 2.58. The number of aliphatic hydroxyl groups excluding tert-OH is 1. The van der Waals surface area contributed by atoms with Crippen LogP contribution in [-0.4, -0.2) is 41.4 Å². The van der Waals surface area contributed by atoms with Crippen LogP contribution in [0.5, 0.6) is 0 Å². The summed E-state index contributed by atoms with van der Waals surface area (Å²) in [7, 11) is 0.